The van der Waals surface area contributed by atoms with Gasteiger partial charge < -0.3 is 14.2 Å². The molecule has 2 aromatic carbocycles. The van der Waals surface area contributed by atoms with E-state index in [2.05, 4.69) is 0 Å². The predicted octanol–water partition coefficient (Wildman–Crippen LogP) is 4.51. The van der Waals surface area contributed by atoms with Gasteiger partial charge in [0.15, 0.2) is 5.78 Å². The number of benzene rings is 2. The van der Waals surface area contributed by atoms with E-state index in [1.807, 2.05) is 35.7 Å². The quantitative estimate of drug-likeness (QED) is 0.422. The van der Waals surface area contributed by atoms with Crippen molar-refractivity contribution in [3.8, 4) is 5.75 Å². The first-order valence-corrected chi connectivity index (χ1v) is 9.06. The largest absolute Gasteiger partial charge is 0.507 e. The average molecular weight is 373 g/mol. The first-order chi connectivity index (χ1) is 13.5. The van der Waals surface area contributed by atoms with Crippen LogP contribution < -0.4 is 0 Å². The summed E-state index contributed by atoms with van der Waals surface area (Å²) >= 11 is 0. The van der Waals surface area contributed by atoms with Gasteiger partial charge in [0, 0.05) is 22.7 Å². The van der Waals surface area contributed by atoms with Gasteiger partial charge in [0.2, 0.25) is 0 Å². The smallest absolute Gasteiger partial charge is 0.338 e. The molecule has 0 saturated heterocycles. The van der Waals surface area contributed by atoms with Gasteiger partial charge in [-0.2, -0.15) is 0 Å². The summed E-state index contributed by atoms with van der Waals surface area (Å²) in [5, 5.41) is 10.8. The van der Waals surface area contributed by atoms with E-state index >= 15 is 0 Å². The van der Waals surface area contributed by atoms with Crippen LogP contribution in [0.3, 0.4) is 0 Å². The van der Waals surface area contributed by atoms with Gasteiger partial charge in [-0.15, -0.1) is 0 Å². The molecular weight excluding hydrogens is 354 g/mol. The molecule has 5 heteroatoms. The molecule has 2 heterocycles. The van der Waals surface area contributed by atoms with Crippen molar-refractivity contribution in [2.45, 2.75) is 13.8 Å². The van der Waals surface area contributed by atoms with Gasteiger partial charge in [0.05, 0.1) is 23.3 Å². The van der Waals surface area contributed by atoms with Crippen molar-refractivity contribution in [3.05, 3.63) is 83.0 Å². The number of pyridine rings is 1. The van der Waals surface area contributed by atoms with Crippen LogP contribution in [0.5, 0.6) is 5.75 Å². The number of carbonyl (C=O) groups is 2. The zero-order valence-electron chi connectivity index (χ0n) is 15.6. The highest BCUT2D eigenvalue weighted by molar-refractivity contribution is 6.16. The Morgan fingerprint density at radius 3 is 2.50 bits per heavy atom. The molecule has 0 aliphatic heterocycles. The molecule has 0 unspecified atom stereocenters. The zero-order valence-corrected chi connectivity index (χ0v) is 15.6. The van der Waals surface area contributed by atoms with Gasteiger partial charge in [-0.3, -0.25) is 4.79 Å². The molecule has 0 aliphatic carbocycles. The Morgan fingerprint density at radius 1 is 1.00 bits per heavy atom. The van der Waals surface area contributed by atoms with Gasteiger partial charge in [-0.05, 0) is 55.8 Å². The Morgan fingerprint density at radius 2 is 1.75 bits per heavy atom. The predicted molar refractivity (Wildman–Crippen MR) is 107 cm³/mol. The second-order valence-electron chi connectivity index (χ2n) is 6.57. The minimum absolute atomic E-state index is 0.0959. The summed E-state index contributed by atoms with van der Waals surface area (Å²) < 4.78 is 7.20. The average Bonchev–Trinajstić information content (AvgIpc) is 3.00. The number of esters is 1. The second-order valence-corrected chi connectivity index (χ2v) is 6.57. The van der Waals surface area contributed by atoms with E-state index in [1.165, 1.54) is 6.07 Å². The standard InChI is InChI=1S/C23H19NO4/c1-3-28-23(27)17-12-15(22(26)16-8-4-5-10-20(16)25)13-19-21(17)14(2)18-9-6-7-11-24(18)19/h4-13,25H,3H2,1-2H3. The topological polar surface area (TPSA) is 68.0 Å². The summed E-state index contributed by atoms with van der Waals surface area (Å²) in [4.78, 5) is 25.7. The summed E-state index contributed by atoms with van der Waals surface area (Å²) in [5.41, 5.74) is 3.50. The molecular formula is C23H19NO4. The number of ether oxygens (including phenoxy) is 1. The summed E-state index contributed by atoms with van der Waals surface area (Å²) in [6.07, 6.45) is 1.90. The number of aromatic nitrogens is 1. The minimum Gasteiger partial charge on any atom is -0.507 e. The van der Waals surface area contributed by atoms with Crippen molar-refractivity contribution in [2.24, 2.45) is 0 Å². The van der Waals surface area contributed by atoms with Crippen molar-refractivity contribution >= 4 is 28.2 Å². The third kappa shape index (κ3) is 2.72. The van der Waals surface area contributed by atoms with Crippen LogP contribution in [0.1, 0.15) is 38.8 Å². The van der Waals surface area contributed by atoms with Crippen LogP contribution in [0.2, 0.25) is 0 Å². The Kier molecular flexibility index (Phi) is 4.35. The summed E-state index contributed by atoms with van der Waals surface area (Å²) in [6, 6.07) is 15.5. The molecule has 0 bridgehead atoms. The second kappa shape index (κ2) is 6.85. The van der Waals surface area contributed by atoms with Gasteiger partial charge in [-0.1, -0.05) is 18.2 Å². The van der Waals surface area contributed by atoms with Crippen molar-refractivity contribution in [1.29, 1.82) is 0 Å². The fraction of sp³-hybridized carbons (Fsp3) is 0.130. The van der Waals surface area contributed by atoms with Crippen LogP contribution in [0.4, 0.5) is 0 Å². The fourth-order valence-corrected chi connectivity index (χ4v) is 3.62. The maximum absolute atomic E-state index is 13.1. The molecule has 4 aromatic rings. The van der Waals surface area contributed by atoms with E-state index in [4.69, 9.17) is 4.74 Å². The number of ketones is 1. The van der Waals surface area contributed by atoms with Gasteiger partial charge in [0.25, 0.3) is 0 Å². The molecule has 140 valence electrons. The van der Waals surface area contributed by atoms with Crippen molar-refractivity contribution < 1.29 is 19.4 Å². The lowest BCUT2D eigenvalue weighted by molar-refractivity contribution is 0.0528. The fourth-order valence-electron chi connectivity index (χ4n) is 3.62. The molecule has 0 fully saturated rings. The minimum atomic E-state index is -0.474. The SMILES string of the molecule is CCOC(=O)c1cc(C(=O)c2ccccc2O)cc2c1c(C)c1ccccn12. The number of phenolic OH excluding ortho intramolecular Hbond substituents is 1. The first kappa shape index (κ1) is 17.8. The number of nitrogens with zero attached hydrogens (tertiary/aromatic N) is 1. The maximum Gasteiger partial charge on any atom is 0.338 e. The van der Waals surface area contributed by atoms with E-state index in [0.717, 1.165) is 22.0 Å². The van der Waals surface area contributed by atoms with Crippen LogP contribution in [-0.4, -0.2) is 27.9 Å². The zero-order chi connectivity index (χ0) is 19.8. The number of hydrogen-bond acceptors (Lipinski definition) is 4. The molecule has 0 spiro atoms. The Hall–Kier alpha value is -3.60. The molecule has 5 nitrogen and oxygen atoms in total. The van der Waals surface area contributed by atoms with Gasteiger partial charge in [0.1, 0.15) is 5.75 Å². The Bertz CT molecular complexity index is 1240. The summed E-state index contributed by atoms with van der Waals surface area (Å²) in [7, 11) is 0. The van der Waals surface area contributed by atoms with Crippen LogP contribution in [0.25, 0.3) is 16.4 Å². The highest BCUT2D eigenvalue weighted by atomic mass is 16.5. The van der Waals surface area contributed by atoms with Crippen LogP contribution >= 0.6 is 0 Å². The highest BCUT2D eigenvalue weighted by Gasteiger charge is 2.22. The number of aromatic hydroxyl groups is 1. The van der Waals surface area contributed by atoms with E-state index < -0.39 is 5.97 Å². The third-order valence-corrected chi connectivity index (χ3v) is 4.90. The number of fused-ring (bicyclic) bond motifs is 3. The van der Waals surface area contributed by atoms with E-state index in [-0.39, 0.29) is 23.7 Å². The van der Waals surface area contributed by atoms with Crippen LogP contribution in [0.15, 0.2) is 60.8 Å². The highest BCUT2D eigenvalue weighted by Crippen LogP contribution is 2.32. The Labute approximate surface area is 161 Å². The summed E-state index contributed by atoms with van der Waals surface area (Å²) in [5.74, 6) is -0.922. The maximum atomic E-state index is 13.1. The summed E-state index contributed by atoms with van der Waals surface area (Å²) in [6.45, 7) is 3.94. The van der Waals surface area contributed by atoms with Crippen LogP contribution in [-0.2, 0) is 4.74 Å². The molecule has 0 amide bonds. The lowest BCUT2D eigenvalue weighted by Crippen LogP contribution is -2.09. The molecule has 2 aromatic heterocycles. The van der Waals surface area contributed by atoms with E-state index in [9.17, 15) is 14.7 Å². The van der Waals surface area contributed by atoms with Gasteiger partial charge >= 0.3 is 5.97 Å². The molecule has 0 radical (unpaired) electrons. The lowest BCUT2D eigenvalue weighted by Gasteiger charge is -2.09. The van der Waals surface area contributed by atoms with Gasteiger partial charge in [-0.25, -0.2) is 4.79 Å². The molecule has 28 heavy (non-hydrogen) atoms. The molecule has 1 N–H and O–H groups in total. The van der Waals surface area contributed by atoms with Crippen molar-refractivity contribution in [3.63, 3.8) is 0 Å². The number of para-hydroxylation sites is 1. The van der Waals surface area contributed by atoms with Crippen LogP contribution in [0, 0.1) is 6.92 Å². The number of rotatable bonds is 4. The molecule has 4 rings (SSSR count). The molecule has 0 aliphatic rings. The number of aryl methyl sites for hydroxylation is 1. The molecule has 0 saturated carbocycles. The number of carbonyl (C=O) groups excluding carboxylic acids is 2. The normalized spacial score (nSPS) is 11.1. The Balaban J connectivity index is 2.03. The molecule has 0 atom stereocenters. The van der Waals surface area contributed by atoms with E-state index in [1.54, 1.807) is 37.3 Å². The number of phenols is 1. The third-order valence-electron chi connectivity index (χ3n) is 4.90. The van der Waals surface area contributed by atoms with Crippen molar-refractivity contribution in [2.75, 3.05) is 6.61 Å². The monoisotopic (exact) mass is 373 g/mol. The first-order valence-electron chi connectivity index (χ1n) is 9.06. The number of hydrogen-bond donors (Lipinski definition) is 1. The van der Waals surface area contributed by atoms with E-state index in [0.29, 0.717) is 11.1 Å². The van der Waals surface area contributed by atoms with Crippen molar-refractivity contribution in [1.82, 2.24) is 4.40 Å². The lowest BCUT2D eigenvalue weighted by atomic mass is 9.97.